The molecule has 2 aromatic rings. The summed E-state index contributed by atoms with van der Waals surface area (Å²) in [4.78, 5) is 11.8. The minimum atomic E-state index is -4.31. The van der Waals surface area contributed by atoms with Gasteiger partial charge in [0.2, 0.25) is 0 Å². The van der Waals surface area contributed by atoms with Crippen LogP contribution in [-0.2, 0) is 23.9 Å². The number of benzene rings is 1. The fraction of sp³-hybridized carbons (Fsp3) is 0.364. The molecule has 0 atom stereocenters. The van der Waals surface area contributed by atoms with Crippen LogP contribution in [0.2, 0.25) is 0 Å². The van der Waals surface area contributed by atoms with Gasteiger partial charge in [-0.15, -0.1) is 11.8 Å². The molecule has 1 aliphatic carbocycles. The number of carbonyl (C=O) groups is 1. The van der Waals surface area contributed by atoms with Crippen molar-refractivity contribution >= 4 is 17.7 Å². The molecule has 0 unspecified atom stereocenters. The lowest BCUT2D eigenvalue weighted by Crippen LogP contribution is -2.08. The van der Waals surface area contributed by atoms with Crippen molar-refractivity contribution in [2.75, 3.05) is 5.75 Å². The minimum absolute atomic E-state index is 0.0259. The molecule has 30 heavy (non-hydrogen) atoms. The van der Waals surface area contributed by atoms with Crippen molar-refractivity contribution in [3.8, 4) is 0 Å². The van der Waals surface area contributed by atoms with Gasteiger partial charge in [-0.05, 0) is 56.5 Å². The Labute approximate surface area is 177 Å². The van der Waals surface area contributed by atoms with Crippen LogP contribution in [0.5, 0.6) is 0 Å². The topological polar surface area (TPSA) is 55.1 Å². The third kappa shape index (κ3) is 5.56. The van der Waals surface area contributed by atoms with Gasteiger partial charge >= 0.3 is 12.1 Å². The molecular weight excluding hydrogens is 413 g/mol. The van der Waals surface area contributed by atoms with Gasteiger partial charge in [-0.2, -0.15) is 18.3 Å². The fourth-order valence-electron chi connectivity index (χ4n) is 3.38. The molecule has 1 aliphatic rings. The first kappa shape index (κ1) is 22.2. The highest BCUT2D eigenvalue weighted by Crippen LogP contribution is 2.32. The lowest BCUT2D eigenvalue weighted by atomic mass is 9.99. The monoisotopic (exact) mass is 436 g/mol. The number of thioether (sulfide) groups is 1. The molecule has 1 aromatic carbocycles. The molecule has 0 spiro atoms. The molecule has 0 aliphatic heterocycles. The van der Waals surface area contributed by atoms with Crippen molar-refractivity contribution in [2.45, 2.75) is 50.7 Å². The summed E-state index contributed by atoms with van der Waals surface area (Å²) < 4.78 is 39.8. The highest BCUT2D eigenvalue weighted by Gasteiger charge is 2.29. The van der Waals surface area contributed by atoms with E-state index in [-0.39, 0.29) is 6.42 Å². The van der Waals surface area contributed by atoms with Gasteiger partial charge in [-0.1, -0.05) is 17.7 Å². The third-order valence-corrected chi connectivity index (χ3v) is 6.26. The fourth-order valence-corrected chi connectivity index (χ4v) is 4.30. The van der Waals surface area contributed by atoms with Crippen molar-refractivity contribution in [1.82, 2.24) is 9.78 Å². The Morgan fingerprint density at radius 3 is 2.33 bits per heavy atom. The number of hydrogen-bond donors (Lipinski definition) is 1. The molecule has 4 nitrogen and oxygen atoms in total. The van der Waals surface area contributed by atoms with E-state index >= 15 is 0 Å². The van der Waals surface area contributed by atoms with Crippen LogP contribution in [0.25, 0.3) is 0 Å². The average molecular weight is 436 g/mol. The second-order valence-electron chi connectivity index (χ2n) is 7.34. The van der Waals surface area contributed by atoms with Crippen LogP contribution in [0.3, 0.4) is 0 Å². The van der Waals surface area contributed by atoms with Crippen LogP contribution in [0, 0.1) is 13.8 Å². The van der Waals surface area contributed by atoms with E-state index in [1.165, 1.54) is 35.0 Å². The molecular formula is C22H23F3N2O2S. The minimum Gasteiger partial charge on any atom is -0.481 e. The molecule has 0 saturated heterocycles. The second-order valence-corrected chi connectivity index (χ2v) is 8.39. The molecule has 3 rings (SSSR count). The summed E-state index contributed by atoms with van der Waals surface area (Å²) in [5, 5.41) is 13.5. The summed E-state index contributed by atoms with van der Waals surface area (Å²) in [6, 6.07) is 5.25. The zero-order valence-corrected chi connectivity index (χ0v) is 17.6. The molecule has 0 radical (unpaired) electrons. The molecule has 0 saturated carbocycles. The van der Waals surface area contributed by atoms with E-state index in [1.54, 1.807) is 0 Å². The Morgan fingerprint density at radius 2 is 1.77 bits per heavy atom. The van der Waals surface area contributed by atoms with Crippen LogP contribution in [0.4, 0.5) is 13.2 Å². The Kier molecular flexibility index (Phi) is 6.75. The number of aliphatic carboxylic acids is 1. The maximum atomic E-state index is 12.6. The summed E-state index contributed by atoms with van der Waals surface area (Å²) in [5.74, 6) is -0.131. The first-order valence-electron chi connectivity index (χ1n) is 9.55. The van der Waals surface area contributed by atoms with E-state index in [1.807, 2.05) is 18.5 Å². The second kappa shape index (κ2) is 9.12. The quantitative estimate of drug-likeness (QED) is 0.576. The normalized spacial score (nSPS) is 14.4. The highest BCUT2D eigenvalue weighted by atomic mass is 32.2. The van der Waals surface area contributed by atoms with E-state index in [2.05, 4.69) is 17.3 Å². The summed E-state index contributed by atoms with van der Waals surface area (Å²) in [6.45, 7) is 4.35. The van der Waals surface area contributed by atoms with Gasteiger partial charge in [-0.3, -0.25) is 9.48 Å². The Balaban J connectivity index is 1.59. The van der Waals surface area contributed by atoms with Crippen molar-refractivity contribution < 1.29 is 23.1 Å². The predicted molar refractivity (Wildman–Crippen MR) is 111 cm³/mol. The van der Waals surface area contributed by atoms with Crippen LogP contribution >= 0.6 is 11.8 Å². The molecule has 1 heterocycles. The molecule has 1 N–H and O–H groups in total. The number of carboxylic acid groups (broad SMARTS) is 1. The van der Waals surface area contributed by atoms with Gasteiger partial charge in [0, 0.05) is 21.9 Å². The Bertz CT molecular complexity index is 989. The van der Waals surface area contributed by atoms with E-state index in [9.17, 15) is 18.0 Å². The lowest BCUT2D eigenvalue weighted by molar-refractivity contribution is -0.138. The smallest absolute Gasteiger partial charge is 0.416 e. The van der Waals surface area contributed by atoms with Crippen LogP contribution < -0.4 is 0 Å². The molecule has 160 valence electrons. The van der Waals surface area contributed by atoms with E-state index in [4.69, 9.17) is 5.11 Å². The SMILES string of the molecule is Cc1nn(CC2=CC=C(CSc3ccc(C(F)(F)F)cc3)CC2)c(C)c1CC(=O)O. The maximum absolute atomic E-state index is 12.6. The van der Waals surface area contributed by atoms with Gasteiger partial charge in [0.05, 0.1) is 24.2 Å². The van der Waals surface area contributed by atoms with Crippen LogP contribution in [-0.4, -0.2) is 26.6 Å². The highest BCUT2D eigenvalue weighted by molar-refractivity contribution is 7.99. The largest absolute Gasteiger partial charge is 0.481 e. The first-order valence-corrected chi connectivity index (χ1v) is 10.5. The van der Waals surface area contributed by atoms with Gasteiger partial charge in [0.1, 0.15) is 0 Å². The summed E-state index contributed by atoms with van der Waals surface area (Å²) in [6.07, 6.45) is 1.57. The number of carboxylic acids is 1. The zero-order valence-electron chi connectivity index (χ0n) is 16.8. The van der Waals surface area contributed by atoms with Crippen molar-refractivity contribution in [3.63, 3.8) is 0 Å². The van der Waals surface area contributed by atoms with Gasteiger partial charge in [-0.25, -0.2) is 0 Å². The van der Waals surface area contributed by atoms with Gasteiger partial charge in [0.15, 0.2) is 0 Å². The summed E-state index contributed by atoms with van der Waals surface area (Å²) >= 11 is 1.53. The number of rotatable bonds is 7. The molecule has 1 aromatic heterocycles. The van der Waals surface area contributed by atoms with Crippen molar-refractivity contribution in [3.05, 3.63) is 70.1 Å². The van der Waals surface area contributed by atoms with Crippen LogP contribution in [0.15, 0.2) is 52.5 Å². The van der Waals surface area contributed by atoms with Gasteiger partial charge < -0.3 is 5.11 Å². The predicted octanol–water partition coefficient (Wildman–Crippen LogP) is 5.58. The first-order chi connectivity index (χ1) is 14.1. The number of hydrogen-bond acceptors (Lipinski definition) is 3. The van der Waals surface area contributed by atoms with E-state index in [0.717, 1.165) is 52.6 Å². The lowest BCUT2D eigenvalue weighted by Gasteiger charge is -2.16. The van der Waals surface area contributed by atoms with Crippen molar-refractivity contribution in [1.29, 1.82) is 0 Å². The number of aryl methyl sites for hydroxylation is 1. The molecule has 0 fully saturated rings. The molecule has 0 bridgehead atoms. The zero-order chi connectivity index (χ0) is 21.9. The maximum Gasteiger partial charge on any atom is 0.416 e. The van der Waals surface area contributed by atoms with E-state index in [0.29, 0.717) is 6.54 Å². The molecule has 8 heteroatoms. The number of halogens is 3. The van der Waals surface area contributed by atoms with Crippen LogP contribution in [0.1, 0.15) is 35.4 Å². The van der Waals surface area contributed by atoms with Gasteiger partial charge in [0.25, 0.3) is 0 Å². The Morgan fingerprint density at radius 1 is 1.13 bits per heavy atom. The number of nitrogens with zero attached hydrogens (tertiary/aromatic N) is 2. The van der Waals surface area contributed by atoms with E-state index < -0.39 is 17.7 Å². The third-order valence-electron chi connectivity index (χ3n) is 5.14. The Hall–Kier alpha value is -2.48. The summed E-state index contributed by atoms with van der Waals surface area (Å²) in [7, 11) is 0. The van der Waals surface area contributed by atoms with Crippen molar-refractivity contribution in [2.24, 2.45) is 0 Å². The standard InChI is InChI=1S/C22H23F3N2O2S/c1-14-20(11-21(28)29)15(2)27(26-14)12-16-3-5-17(6-4-16)13-30-19-9-7-18(8-10-19)22(23,24)25/h3,5,7-10H,4,6,11-13H2,1-2H3,(H,28,29). The number of aromatic nitrogens is 2. The number of allylic oxidation sites excluding steroid dienone is 3. The number of alkyl halides is 3. The molecule has 0 amide bonds. The average Bonchev–Trinajstić information content (AvgIpc) is 2.94. The summed E-state index contributed by atoms with van der Waals surface area (Å²) in [5.41, 5.74) is 4.21.